The van der Waals surface area contributed by atoms with Gasteiger partial charge in [-0.1, -0.05) is 18.2 Å². The Bertz CT molecular complexity index is 677. The maximum atomic E-state index is 12.4. The van der Waals surface area contributed by atoms with Crippen LogP contribution >= 0.6 is 0 Å². The number of halogens is 3. The predicted molar refractivity (Wildman–Crippen MR) is 67.0 cm³/mol. The summed E-state index contributed by atoms with van der Waals surface area (Å²) in [5.74, 6) is 0.0925. The van der Waals surface area contributed by atoms with Crippen molar-refractivity contribution < 1.29 is 35.9 Å². The van der Waals surface area contributed by atoms with E-state index in [-0.39, 0.29) is 12.2 Å². The van der Waals surface area contributed by atoms with Gasteiger partial charge in [0, 0.05) is 12.0 Å². The topological polar surface area (TPSA) is 108 Å². The third kappa shape index (κ3) is 3.42. The van der Waals surface area contributed by atoms with E-state index in [1.54, 1.807) is 6.07 Å². The van der Waals surface area contributed by atoms with Gasteiger partial charge in [-0.2, -0.15) is 17.9 Å². The number of benzene rings is 1. The summed E-state index contributed by atoms with van der Waals surface area (Å²) in [4.78, 5) is 10.9. The lowest BCUT2D eigenvalue weighted by atomic mass is 10.0. The molecule has 1 heterocycles. The van der Waals surface area contributed by atoms with Crippen LogP contribution in [0.2, 0.25) is 0 Å². The number of nitrogens with two attached hydrogens (primary N) is 1. The van der Waals surface area contributed by atoms with Crippen LogP contribution in [0.3, 0.4) is 0 Å². The van der Waals surface area contributed by atoms with E-state index in [1.165, 1.54) is 22.9 Å². The van der Waals surface area contributed by atoms with Crippen LogP contribution in [0.25, 0.3) is 0 Å². The second-order valence-corrected chi connectivity index (χ2v) is 6.08. The van der Waals surface area contributed by atoms with Gasteiger partial charge in [0.1, 0.15) is 11.9 Å². The molecule has 122 valence electrons. The molecular formula is C11H11F3N2O5S. The molecular weight excluding hydrogens is 329 g/mol. The van der Waals surface area contributed by atoms with Gasteiger partial charge in [-0.15, -0.1) is 0 Å². The highest BCUT2D eigenvalue weighted by Crippen LogP contribution is 2.37. The number of para-hydroxylation sites is 1. The fourth-order valence-corrected chi connectivity index (χ4v) is 2.56. The first-order valence-corrected chi connectivity index (χ1v) is 7.39. The van der Waals surface area contributed by atoms with Crippen LogP contribution < -0.4 is 15.2 Å². The standard InChI is InChI=1S/C11H11F3N2O5S/c12-11(13,14)22(18,19)16-9-5-8(21-10(15)17)6-3-1-2-4-7(6)20-9/h1-4,8-9,16H,5H2,(H2,15,17). The number of fused-ring (bicyclic) bond motifs is 1. The van der Waals surface area contributed by atoms with Crippen LogP contribution in [0, 0.1) is 0 Å². The molecule has 1 amide bonds. The van der Waals surface area contributed by atoms with Crippen molar-refractivity contribution in [3.05, 3.63) is 29.8 Å². The summed E-state index contributed by atoms with van der Waals surface area (Å²) >= 11 is 0. The van der Waals surface area contributed by atoms with Crippen molar-refractivity contribution in [1.82, 2.24) is 4.72 Å². The molecule has 2 rings (SSSR count). The summed E-state index contributed by atoms with van der Waals surface area (Å²) in [5.41, 5.74) is -0.199. The number of alkyl halides is 3. The Morgan fingerprint density at radius 3 is 2.59 bits per heavy atom. The van der Waals surface area contributed by atoms with Gasteiger partial charge in [0.05, 0.1) is 0 Å². The molecule has 2 atom stereocenters. The Balaban J connectivity index is 2.26. The number of hydrogen-bond acceptors (Lipinski definition) is 5. The molecule has 11 heteroatoms. The van der Waals surface area contributed by atoms with E-state index < -0.39 is 34.0 Å². The van der Waals surface area contributed by atoms with Gasteiger partial charge in [0.15, 0.2) is 6.23 Å². The number of nitrogens with one attached hydrogen (secondary N) is 1. The zero-order valence-electron chi connectivity index (χ0n) is 10.8. The van der Waals surface area contributed by atoms with Crippen molar-refractivity contribution in [2.24, 2.45) is 5.73 Å². The highest BCUT2D eigenvalue weighted by Gasteiger charge is 2.48. The minimum Gasteiger partial charge on any atom is -0.474 e. The summed E-state index contributed by atoms with van der Waals surface area (Å²) < 4.78 is 70.7. The summed E-state index contributed by atoms with van der Waals surface area (Å²) in [6.45, 7) is 0. The van der Waals surface area contributed by atoms with Gasteiger partial charge in [-0.25, -0.2) is 13.2 Å². The molecule has 1 aliphatic heterocycles. The molecule has 0 aromatic heterocycles. The smallest absolute Gasteiger partial charge is 0.474 e. The normalized spacial score (nSPS) is 21.6. The van der Waals surface area contributed by atoms with Crippen molar-refractivity contribution in [3.8, 4) is 5.75 Å². The van der Waals surface area contributed by atoms with E-state index >= 15 is 0 Å². The van der Waals surface area contributed by atoms with E-state index in [4.69, 9.17) is 15.2 Å². The molecule has 0 aliphatic carbocycles. The Hall–Kier alpha value is -2.01. The maximum Gasteiger partial charge on any atom is 0.511 e. The number of rotatable bonds is 3. The summed E-state index contributed by atoms with van der Waals surface area (Å²) in [6, 6.07) is 6.05. The minimum absolute atomic E-state index is 0.0925. The highest BCUT2D eigenvalue weighted by atomic mass is 32.2. The Labute approximate surface area is 123 Å². The van der Waals surface area contributed by atoms with Crippen molar-refractivity contribution in [2.45, 2.75) is 24.3 Å². The van der Waals surface area contributed by atoms with Crippen LogP contribution in [-0.4, -0.2) is 26.2 Å². The Morgan fingerprint density at radius 2 is 2.00 bits per heavy atom. The van der Waals surface area contributed by atoms with E-state index in [2.05, 4.69) is 0 Å². The zero-order valence-corrected chi connectivity index (χ0v) is 11.6. The molecule has 22 heavy (non-hydrogen) atoms. The van der Waals surface area contributed by atoms with E-state index in [0.29, 0.717) is 5.56 Å². The highest BCUT2D eigenvalue weighted by molar-refractivity contribution is 7.90. The third-order valence-corrected chi connectivity index (χ3v) is 4.00. The number of carbonyl (C=O) groups is 1. The average Bonchev–Trinajstić information content (AvgIpc) is 2.36. The molecule has 7 nitrogen and oxygen atoms in total. The van der Waals surface area contributed by atoms with Crippen LogP contribution in [0.15, 0.2) is 24.3 Å². The molecule has 1 aromatic carbocycles. The van der Waals surface area contributed by atoms with E-state index in [1.807, 2.05) is 0 Å². The van der Waals surface area contributed by atoms with Gasteiger partial charge in [-0.3, -0.25) is 0 Å². The van der Waals surface area contributed by atoms with Crippen LogP contribution in [0.5, 0.6) is 5.75 Å². The van der Waals surface area contributed by atoms with Crippen LogP contribution in [0.1, 0.15) is 18.1 Å². The first-order chi connectivity index (χ1) is 10.1. The lowest BCUT2D eigenvalue weighted by molar-refractivity contribution is -0.0473. The third-order valence-electron chi connectivity index (χ3n) is 2.81. The van der Waals surface area contributed by atoms with Crippen molar-refractivity contribution in [3.63, 3.8) is 0 Å². The molecule has 0 bridgehead atoms. The molecule has 0 saturated heterocycles. The Kier molecular flexibility index (Phi) is 4.20. The van der Waals surface area contributed by atoms with Crippen molar-refractivity contribution in [1.29, 1.82) is 0 Å². The SMILES string of the molecule is NC(=O)OC1CC(NS(=O)(=O)C(F)(F)F)Oc2ccccc21. The van der Waals surface area contributed by atoms with Crippen molar-refractivity contribution in [2.75, 3.05) is 0 Å². The first kappa shape index (κ1) is 16.4. The zero-order chi connectivity index (χ0) is 16.5. The minimum atomic E-state index is -5.60. The molecule has 1 aromatic rings. The molecule has 0 fully saturated rings. The average molecular weight is 340 g/mol. The van der Waals surface area contributed by atoms with Crippen LogP contribution in [-0.2, 0) is 14.8 Å². The molecule has 0 spiro atoms. The van der Waals surface area contributed by atoms with E-state index in [0.717, 1.165) is 0 Å². The van der Waals surface area contributed by atoms with Gasteiger partial charge in [0.2, 0.25) is 0 Å². The fourth-order valence-electron chi connectivity index (χ4n) is 1.94. The molecule has 1 aliphatic rings. The number of hydrogen-bond donors (Lipinski definition) is 2. The first-order valence-electron chi connectivity index (χ1n) is 5.90. The molecule has 0 radical (unpaired) electrons. The number of ether oxygens (including phenoxy) is 2. The van der Waals surface area contributed by atoms with Gasteiger partial charge >= 0.3 is 21.6 Å². The molecule has 3 N–H and O–H groups in total. The lowest BCUT2D eigenvalue weighted by Crippen LogP contribution is -2.47. The number of sulfonamides is 1. The number of carbonyl (C=O) groups excluding carboxylic acids is 1. The van der Waals surface area contributed by atoms with Gasteiger partial charge in [-0.05, 0) is 6.07 Å². The second kappa shape index (κ2) is 5.65. The summed E-state index contributed by atoms with van der Waals surface area (Å²) in [7, 11) is -5.60. The largest absolute Gasteiger partial charge is 0.511 e. The fraction of sp³-hybridized carbons (Fsp3) is 0.364. The van der Waals surface area contributed by atoms with Gasteiger partial charge in [0.25, 0.3) is 0 Å². The predicted octanol–water partition coefficient (Wildman–Crippen LogP) is 1.37. The summed E-state index contributed by atoms with van der Waals surface area (Å²) in [5, 5.41) is 0. The number of primary amides is 1. The van der Waals surface area contributed by atoms with Crippen molar-refractivity contribution >= 4 is 16.1 Å². The second-order valence-electron chi connectivity index (χ2n) is 4.37. The lowest BCUT2D eigenvalue weighted by Gasteiger charge is -2.31. The van der Waals surface area contributed by atoms with Crippen LogP contribution in [0.4, 0.5) is 18.0 Å². The monoisotopic (exact) mass is 340 g/mol. The summed E-state index contributed by atoms with van der Waals surface area (Å²) in [6.07, 6.45) is -4.07. The Morgan fingerprint density at radius 1 is 1.36 bits per heavy atom. The number of amides is 1. The molecule has 0 saturated carbocycles. The van der Waals surface area contributed by atoms with Gasteiger partial charge < -0.3 is 15.2 Å². The maximum absolute atomic E-state index is 12.4. The van der Waals surface area contributed by atoms with E-state index in [9.17, 15) is 26.4 Å². The molecule has 2 unspecified atom stereocenters. The quantitative estimate of drug-likeness (QED) is 0.864.